The first kappa shape index (κ1) is 15.9. The van der Waals surface area contributed by atoms with Gasteiger partial charge in [0, 0.05) is 13.1 Å². The molecule has 4 nitrogen and oxygen atoms in total. The molecule has 0 aromatic rings. The van der Waals surface area contributed by atoms with Gasteiger partial charge in [0.25, 0.3) is 0 Å². The highest BCUT2D eigenvalue weighted by Crippen LogP contribution is 2.00. The predicted octanol–water partition coefficient (Wildman–Crippen LogP) is 0.982. The minimum atomic E-state index is 0.917. The molecule has 0 radical (unpaired) electrons. The zero-order valence-electron chi connectivity index (χ0n) is 12.5. The first-order valence-electron chi connectivity index (χ1n) is 7.39. The predicted molar refractivity (Wildman–Crippen MR) is 77.2 cm³/mol. The maximum absolute atomic E-state index is 5.37. The van der Waals surface area contributed by atoms with Crippen molar-refractivity contribution in [3.8, 4) is 0 Å². The third kappa shape index (κ3) is 7.31. The normalized spacial score (nSPS) is 17.8. The van der Waals surface area contributed by atoms with Gasteiger partial charge in [-0.15, -0.1) is 0 Å². The van der Waals surface area contributed by atoms with Crippen molar-refractivity contribution in [3.05, 3.63) is 0 Å². The molecule has 108 valence electrons. The summed E-state index contributed by atoms with van der Waals surface area (Å²) in [6, 6.07) is 0. The van der Waals surface area contributed by atoms with Crippen molar-refractivity contribution in [3.63, 3.8) is 0 Å². The average Bonchev–Trinajstić information content (AvgIpc) is 2.38. The second kappa shape index (κ2) is 9.73. The molecule has 1 aliphatic heterocycles. The molecule has 1 fully saturated rings. The quantitative estimate of drug-likeness (QED) is 0.613. The van der Waals surface area contributed by atoms with Gasteiger partial charge in [0.1, 0.15) is 0 Å². The van der Waals surface area contributed by atoms with Crippen LogP contribution >= 0.6 is 0 Å². The van der Waals surface area contributed by atoms with Crippen molar-refractivity contribution in [1.29, 1.82) is 0 Å². The summed E-state index contributed by atoms with van der Waals surface area (Å²) in [5.41, 5.74) is 0. The van der Waals surface area contributed by atoms with E-state index in [0.29, 0.717) is 0 Å². The summed E-state index contributed by atoms with van der Waals surface area (Å²) in [6.45, 7) is 12.4. The largest absolute Gasteiger partial charge is 0.379 e. The van der Waals surface area contributed by atoms with Crippen molar-refractivity contribution in [2.24, 2.45) is 0 Å². The maximum Gasteiger partial charge on any atom is 0.0594 e. The fourth-order valence-electron chi connectivity index (χ4n) is 2.38. The summed E-state index contributed by atoms with van der Waals surface area (Å²) in [6.07, 6.45) is 2.56. The molecule has 1 saturated heterocycles. The lowest BCUT2D eigenvalue weighted by atomic mass is 10.3. The molecular formula is C14H31N3O. The molecule has 1 rings (SSSR count). The lowest BCUT2D eigenvalue weighted by molar-refractivity contribution is 0.0361. The zero-order valence-corrected chi connectivity index (χ0v) is 12.5. The minimum absolute atomic E-state index is 0.917. The van der Waals surface area contributed by atoms with Gasteiger partial charge in [-0.2, -0.15) is 0 Å². The fourth-order valence-corrected chi connectivity index (χ4v) is 2.38. The Morgan fingerprint density at radius 1 is 1.00 bits per heavy atom. The van der Waals surface area contributed by atoms with Crippen molar-refractivity contribution < 1.29 is 4.74 Å². The first-order valence-corrected chi connectivity index (χ1v) is 7.39. The van der Waals surface area contributed by atoms with Crippen LogP contribution in [0, 0.1) is 0 Å². The fraction of sp³-hybridized carbons (Fsp3) is 1.00. The van der Waals surface area contributed by atoms with Gasteiger partial charge in [-0.1, -0.05) is 6.92 Å². The number of morpholine rings is 1. The van der Waals surface area contributed by atoms with Crippen LogP contribution in [0.3, 0.4) is 0 Å². The molecule has 1 heterocycles. The molecule has 0 spiro atoms. The molecule has 0 aliphatic carbocycles. The Hall–Kier alpha value is -0.160. The summed E-state index contributed by atoms with van der Waals surface area (Å²) in [7, 11) is 4.30. The number of rotatable bonds is 9. The lowest BCUT2D eigenvalue weighted by Crippen LogP contribution is -2.38. The van der Waals surface area contributed by atoms with E-state index in [4.69, 9.17) is 4.74 Å². The van der Waals surface area contributed by atoms with E-state index >= 15 is 0 Å². The summed E-state index contributed by atoms with van der Waals surface area (Å²) < 4.78 is 5.37. The number of hydrogen-bond acceptors (Lipinski definition) is 4. The zero-order chi connectivity index (χ0) is 13.2. The summed E-state index contributed by atoms with van der Waals surface area (Å²) in [5, 5.41) is 0. The lowest BCUT2D eigenvalue weighted by Gasteiger charge is -2.28. The monoisotopic (exact) mass is 257 g/mol. The molecule has 0 aromatic heterocycles. The Morgan fingerprint density at radius 3 is 2.28 bits per heavy atom. The third-order valence-corrected chi connectivity index (χ3v) is 3.58. The van der Waals surface area contributed by atoms with Gasteiger partial charge in [-0.3, -0.25) is 4.90 Å². The van der Waals surface area contributed by atoms with E-state index in [1.165, 1.54) is 45.6 Å². The van der Waals surface area contributed by atoms with Crippen LogP contribution in [0.5, 0.6) is 0 Å². The topological polar surface area (TPSA) is 19.0 Å². The van der Waals surface area contributed by atoms with Crippen LogP contribution in [0.4, 0.5) is 0 Å². The maximum atomic E-state index is 5.37. The summed E-state index contributed by atoms with van der Waals surface area (Å²) >= 11 is 0. The van der Waals surface area contributed by atoms with Gasteiger partial charge in [0.2, 0.25) is 0 Å². The molecule has 0 N–H and O–H groups in total. The molecule has 1 aliphatic rings. The highest BCUT2D eigenvalue weighted by molar-refractivity contribution is 4.64. The van der Waals surface area contributed by atoms with E-state index < -0.39 is 0 Å². The molecule has 0 bridgehead atoms. The number of hydrogen-bond donors (Lipinski definition) is 0. The number of nitrogens with zero attached hydrogens (tertiary/aromatic N) is 3. The highest BCUT2D eigenvalue weighted by Gasteiger charge is 2.10. The van der Waals surface area contributed by atoms with E-state index in [2.05, 4.69) is 35.7 Å². The smallest absolute Gasteiger partial charge is 0.0594 e. The minimum Gasteiger partial charge on any atom is -0.379 e. The first-order chi connectivity index (χ1) is 8.72. The van der Waals surface area contributed by atoms with Crippen molar-refractivity contribution in [1.82, 2.24) is 14.7 Å². The van der Waals surface area contributed by atoms with Crippen LogP contribution in [0.1, 0.15) is 19.8 Å². The molecular weight excluding hydrogens is 226 g/mol. The van der Waals surface area contributed by atoms with Gasteiger partial charge in [-0.05, 0) is 59.7 Å². The summed E-state index contributed by atoms with van der Waals surface area (Å²) in [4.78, 5) is 7.36. The van der Waals surface area contributed by atoms with Crippen molar-refractivity contribution in [2.75, 3.05) is 73.1 Å². The van der Waals surface area contributed by atoms with Crippen LogP contribution in [0.25, 0.3) is 0 Å². The van der Waals surface area contributed by atoms with Crippen LogP contribution in [0.15, 0.2) is 0 Å². The standard InChI is InChI=1S/C14H31N3O/c1-4-16(8-5-7-15(2)3)9-6-10-17-11-13-18-14-12-17/h4-14H2,1-3H3. The van der Waals surface area contributed by atoms with E-state index in [-0.39, 0.29) is 0 Å². The highest BCUT2D eigenvalue weighted by atomic mass is 16.5. The Kier molecular flexibility index (Phi) is 8.59. The molecule has 0 saturated carbocycles. The van der Waals surface area contributed by atoms with Gasteiger partial charge in [-0.25, -0.2) is 0 Å². The molecule has 0 unspecified atom stereocenters. The van der Waals surface area contributed by atoms with E-state index in [9.17, 15) is 0 Å². The molecule has 0 aromatic carbocycles. The van der Waals surface area contributed by atoms with Gasteiger partial charge in [0.15, 0.2) is 0 Å². The number of ether oxygens (including phenoxy) is 1. The Bertz CT molecular complexity index is 193. The van der Waals surface area contributed by atoms with Gasteiger partial charge >= 0.3 is 0 Å². The Morgan fingerprint density at radius 2 is 1.67 bits per heavy atom. The molecule has 0 atom stereocenters. The van der Waals surface area contributed by atoms with Crippen LogP contribution < -0.4 is 0 Å². The third-order valence-electron chi connectivity index (χ3n) is 3.58. The van der Waals surface area contributed by atoms with Crippen molar-refractivity contribution >= 4 is 0 Å². The second-order valence-corrected chi connectivity index (χ2v) is 5.40. The molecule has 4 heteroatoms. The van der Waals surface area contributed by atoms with Gasteiger partial charge < -0.3 is 14.5 Å². The van der Waals surface area contributed by atoms with Crippen LogP contribution in [0.2, 0.25) is 0 Å². The van der Waals surface area contributed by atoms with Crippen molar-refractivity contribution in [2.45, 2.75) is 19.8 Å². The Balaban J connectivity index is 2.03. The van der Waals surface area contributed by atoms with E-state index in [1.807, 2.05) is 0 Å². The van der Waals surface area contributed by atoms with E-state index in [1.54, 1.807) is 0 Å². The molecule has 18 heavy (non-hydrogen) atoms. The Labute approximate surface area is 113 Å². The van der Waals surface area contributed by atoms with Gasteiger partial charge in [0.05, 0.1) is 13.2 Å². The molecule has 0 amide bonds. The average molecular weight is 257 g/mol. The second-order valence-electron chi connectivity index (χ2n) is 5.40. The summed E-state index contributed by atoms with van der Waals surface area (Å²) in [5.74, 6) is 0. The van der Waals surface area contributed by atoms with E-state index in [0.717, 1.165) is 26.3 Å². The van der Waals surface area contributed by atoms with Crippen LogP contribution in [-0.2, 0) is 4.74 Å². The van der Waals surface area contributed by atoms with Crippen LogP contribution in [-0.4, -0.2) is 87.8 Å². The SMILES string of the molecule is CCN(CCCN(C)C)CCCN1CCOCC1.